The van der Waals surface area contributed by atoms with Crippen LogP contribution in [0.4, 0.5) is 0 Å². The van der Waals surface area contributed by atoms with E-state index in [9.17, 15) is 14.4 Å². The van der Waals surface area contributed by atoms with Crippen molar-refractivity contribution in [2.24, 2.45) is 0 Å². The third-order valence-electron chi connectivity index (χ3n) is 6.73. The van der Waals surface area contributed by atoms with Crippen molar-refractivity contribution in [3.8, 4) is 5.88 Å². The van der Waals surface area contributed by atoms with Gasteiger partial charge in [0.25, 0.3) is 18.6 Å². The van der Waals surface area contributed by atoms with Gasteiger partial charge in [-0.2, -0.15) is 4.57 Å². The number of halogens is 2. The first-order valence-corrected chi connectivity index (χ1v) is 13.9. The molecule has 0 aromatic carbocycles. The second-order valence-electron chi connectivity index (χ2n) is 10.4. The summed E-state index contributed by atoms with van der Waals surface area (Å²) in [5, 5.41) is 0.433. The van der Waals surface area contributed by atoms with Crippen molar-refractivity contribution < 1.29 is 42.5 Å². The lowest BCUT2D eigenvalue weighted by Crippen LogP contribution is -2.44. The van der Waals surface area contributed by atoms with Crippen molar-refractivity contribution in [2.75, 3.05) is 13.7 Å². The van der Waals surface area contributed by atoms with E-state index in [1.165, 1.54) is 17.9 Å². The van der Waals surface area contributed by atoms with Crippen molar-refractivity contribution in [1.82, 2.24) is 4.98 Å². The second kappa shape index (κ2) is 13.9. The number of pyridine rings is 3. The van der Waals surface area contributed by atoms with E-state index in [1.54, 1.807) is 88.0 Å². The van der Waals surface area contributed by atoms with Crippen molar-refractivity contribution in [3.63, 3.8) is 0 Å². The van der Waals surface area contributed by atoms with Gasteiger partial charge in [-0.25, -0.2) is 4.98 Å². The monoisotopic (exact) mass is 619 g/mol. The molecule has 42 heavy (non-hydrogen) atoms. The van der Waals surface area contributed by atoms with Gasteiger partial charge in [0.1, 0.15) is 5.15 Å². The van der Waals surface area contributed by atoms with Crippen LogP contribution in [-0.4, -0.2) is 36.6 Å². The number of hydrogen-bond donors (Lipinski definition) is 0. The summed E-state index contributed by atoms with van der Waals surface area (Å²) < 4.78 is 25.0. The molecule has 0 saturated heterocycles. The van der Waals surface area contributed by atoms with Crippen LogP contribution in [-0.2, 0) is 59.3 Å². The van der Waals surface area contributed by atoms with Crippen molar-refractivity contribution in [1.29, 1.82) is 0 Å². The fourth-order valence-corrected chi connectivity index (χ4v) is 4.77. The van der Waals surface area contributed by atoms with E-state index < -0.39 is 28.7 Å². The minimum Gasteiger partial charge on any atom is -0.465 e. The molecular weight excluding hydrogens is 585 g/mol. The molecule has 0 aliphatic rings. The molecule has 12 heteroatoms. The average molecular weight is 621 g/mol. The number of rotatable bonds is 12. The maximum Gasteiger partial charge on any atom is 0.374 e. The van der Waals surface area contributed by atoms with E-state index >= 15 is 0 Å². The van der Waals surface area contributed by atoms with Crippen LogP contribution in [0, 0.1) is 0 Å². The van der Waals surface area contributed by atoms with Gasteiger partial charge in [-0.15, -0.1) is 4.57 Å². The summed E-state index contributed by atoms with van der Waals surface area (Å²) in [5.74, 6) is -1.13. The molecule has 0 amide bonds. The molecule has 3 rings (SSSR count). The summed E-state index contributed by atoms with van der Waals surface area (Å²) in [6, 6.07) is 10.3. The zero-order valence-corrected chi connectivity index (χ0v) is 26.0. The highest BCUT2D eigenvalue weighted by Crippen LogP contribution is 2.31. The van der Waals surface area contributed by atoms with Crippen LogP contribution >= 0.6 is 23.2 Å². The van der Waals surface area contributed by atoms with Gasteiger partial charge in [-0.1, -0.05) is 17.7 Å². The highest BCUT2D eigenvalue weighted by Gasteiger charge is 2.40. The van der Waals surface area contributed by atoms with Gasteiger partial charge < -0.3 is 18.9 Å². The molecule has 10 nitrogen and oxygen atoms in total. The number of aromatic nitrogens is 3. The maximum absolute atomic E-state index is 13.4. The Morgan fingerprint density at radius 1 is 0.833 bits per heavy atom. The topological polar surface area (TPSA) is 109 Å². The van der Waals surface area contributed by atoms with E-state index in [0.717, 1.165) is 0 Å². The molecule has 0 aliphatic heterocycles. The van der Waals surface area contributed by atoms with Crippen LogP contribution in [0.15, 0.2) is 55.0 Å². The van der Waals surface area contributed by atoms with Gasteiger partial charge in [0, 0.05) is 23.9 Å². The third-order valence-corrected chi connectivity index (χ3v) is 7.49. The SMILES string of the molecule is CCOC(=O)C(C)(C)c1ccc[n+](COC(=O)C(C)(C)c2ccc[n+](COC(=O)Cc3cccnc3Cl)c2Cl)c1OC. The Hall–Kier alpha value is -3.76. The predicted octanol–water partition coefficient (Wildman–Crippen LogP) is 4.03. The van der Waals surface area contributed by atoms with Crippen LogP contribution in [0.1, 0.15) is 51.3 Å². The standard InChI is InChI=1S/C30H35Cl2N3O7/c1-7-40-27(37)30(4,5)22-13-10-16-35(26(22)39-6)19-42-28(38)29(2,3)21-12-9-15-34(25(21)32)18-41-23(36)17-20-11-8-14-33-24(20)31/h8-16H,7,17-19H2,1-6H3/q+2. The van der Waals surface area contributed by atoms with E-state index in [0.29, 0.717) is 22.6 Å². The summed E-state index contributed by atoms with van der Waals surface area (Å²) in [6.07, 6.45) is 4.79. The summed E-state index contributed by atoms with van der Waals surface area (Å²) in [4.78, 5) is 42.3. The number of ether oxygens (including phenoxy) is 4. The molecule has 3 heterocycles. The number of carbonyl (C=O) groups excluding carboxylic acids is 3. The Balaban J connectivity index is 1.74. The first kappa shape index (κ1) is 32.8. The normalized spacial score (nSPS) is 11.5. The Morgan fingerprint density at radius 2 is 1.43 bits per heavy atom. The molecule has 0 radical (unpaired) electrons. The zero-order valence-electron chi connectivity index (χ0n) is 24.5. The van der Waals surface area contributed by atoms with Crippen LogP contribution in [0.25, 0.3) is 0 Å². The highest BCUT2D eigenvalue weighted by atomic mass is 35.5. The fourth-order valence-electron chi connectivity index (χ4n) is 4.18. The van der Waals surface area contributed by atoms with Crippen LogP contribution in [0.5, 0.6) is 5.88 Å². The summed E-state index contributed by atoms with van der Waals surface area (Å²) >= 11 is 12.7. The van der Waals surface area contributed by atoms with E-state index in [4.69, 9.17) is 42.1 Å². The largest absolute Gasteiger partial charge is 0.465 e. The Kier molecular flexibility index (Phi) is 10.9. The molecular formula is C30H35Cl2N3O7+2. The Labute approximate surface area is 255 Å². The maximum atomic E-state index is 13.4. The lowest BCUT2D eigenvalue weighted by molar-refractivity contribution is -0.732. The van der Waals surface area contributed by atoms with Crippen LogP contribution < -0.4 is 13.9 Å². The van der Waals surface area contributed by atoms with Gasteiger partial charge in [0.15, 0.2) is 12.4 Å². The van der Waals surface area contributed by atoms with Crippen molar-refractivity contribution in [2.45, 2.75) is 65.3 Å². The van der Waals surface area contributed by atoms with Crippen molar-refractivity contribution >= 4 is 41.1 Å². The Bertz CT molecular complexity index is 1460. The number of hydrogen-bond acceptors (Lipinski definition) is 8. The fraction of sp³-hybridized carbons (Fsp3) is 0.400. The lowest BCUT2D eigenvalue weighted by Gasteiger charge is -2.24. The van der Waals surface area contributed by atoms with E-state index in [-0.39, 0.29) is 36.8 Å². The molecule has 3 aromatic rings. The summed E-state index contributed by atoms with van der Waals surface area (Å²) in [7, 11) is 1.48. The van der Waals surface area contributed by atoms with Gasteiger partial charge >= 0.3 is 23.8 Å². The number of methoxy groups -OCH3 is 1. The summed E-state index contributed by atoms with van der Waals surface area (Å²) in [5.41, 5.74) is -0.594. The van der Waals surface area contributed by atoms with E-state index in [2.05, 4.69) is 4.98 Å². The number of carbonyl (C=O) groups is 3. The summed E-state index contributed by atoms with van der Waals surface area (Å²) in [6.45, 7) is 8.46. The van der Waals surface area contributed by atoms with Gasteiger partial charge in [-0.3, -0.25) is 14.4 Å². The molecule has 3 aromatic heterocycles. The molecule has 0 fully saturated rings. The van der Waals surface area contributed by atoms with Gasteiger partial charge in [-0.05, 0) is 64.4 Å². The van der Waals surface area contributed by atoms with Crippen LogP contribution in [0.3, 0.4) is 0 Å². The number of esters is 3. The second-order valence-corrected chi connectivity index (χ2v) is 11.1. The molecule has 0 unspecified atom stereocenters. The molecule has 0 aliphatic carbocycles. The molecule has 0 saturated carbocycles. The average Bonchev–Trinajstić information content (AvgIpc) is 2.96. The molecule has 0 bridgehead atoms. The van der Waals surface area contributed by atoms with Gasteiger partial charge in [0.2, 0.25) is 0 Å². The smallest absolute Gasteiger partial charge is 0.374 e. The number of nitrogens with zero attached hydrogens (tertiary/aromatic N) is 3. The first-order chi connectivity index (χ1) is 19.8. The van der Waals surface area contributed by atoms with Crippen LogP contribution in [0.2, 0.25) is 10.3 Å². The molecule has 0 N–H and O–H groups in total. The highest BCUT2D eigenvalue weighted by molar-refractivity contribution is 6.30. The molecule has 0 atom stereocenters. The Morgan fingerprint density at radius 3 is 2.07 bits per heavy atom. The van der Waals surface area contributed by atoms with Gasteiger partial charge in [0.05, 0.1) is 42.1 Å². The minimum atomic E-state index is -1.18. The predicted molar refractivity (Wildman–Crippen MR) is 153 cm³/mol. The van der Waals surface area contributed by atoms with Crippen molar-refractivity contribution in [3.05, 3.63) is 82.0 Å². The first-order valence-electron chi connectivity index (χ1n) is 13.2. The lowest BCUT2D eigenvalue weighted by atomic mass is 9.85. The minimum absolute atomic E-state index is 0.0539. The van der Waals surface area contributed by atoms with E-state index in [1.807, 2.05) is 0 Å². The quantitative estimate of drug-likeness (QED) is 0.129. The zero-order chi connectivity index (χ0) is 31.1. The third kappa shape index (κ3) is 7.35. The molecule has 0 spiro atoms. The molecule has 224 valence electrons.